The maximum atomic E-state index is 11.9. The van der Waals surface area contributed by atoms with Gasteiger partial charge in [0, 0.05) is 12.1 Å². The molecule has 0 aliphatic carbocycles. The van der Waals surface area contributed by atoms with Crippen LogP contribution in [0.2, 0.25) is 0 Å². The van der Waals surface area contributed by atoms with Gasteiger partial charge in [0.25, 0.3) is 0 Å². The quantitative estimate of drug-likeness (QED) is 0.733. The molecule has 0 radical (unpaired) electrons. The first-order chi connectivity index (χ1) is 11.7. The van der Waals surface area contributed by atoms with Crippen molar-refractivity contribution in [2.45, 2.75) is 32.8 Å². The number of nitrogens with two attached hydrogens (primary N) is 1. The summed E-state index contributed by atoms with van der Waals surface area (Å²) in [5.74, 6) is 1.31. The zero-order valence-corrected chi connectivity index (χ0v) is 14.2. The molecule has 3 N–H and O–H groups in total. The number of nitrogens with one attached hydrogen (secondary N) is 1. The lowest BCUT2D eigenvalue weighted by Gasteiger charge is -2.11. The van der Waals surface area contributed by atoms with Gasteiger partial charge in [0.05, 0.1) is 0 Å². The van der Waals surface area contributed by atoms with Gasteiger partial charge in [-0.15, -0.1) is 0 Å². The van der Waals surface area contributed by atoms with E-state index in [9.17, 15) is 4.79 Å². The average molecular weight is 326 g/mol. The predicted molar refractivity (Wildman–Crippen MR) is 97.9 cm³/mol. The van der Waals surface area contributed by atoms with Crippen LogP contribution in [-0.4, -0.2) is 12.5 Å². The number of ether oxygens (including phenoxy) is 1. The fourth-order valence-corrected chi connectivity index (χ4v) is 2.41. The largest absolute Gasteiger partial charge is 0.489 e. The van der Waals surface area contributed by atoms with Crippen molar-refractivity contribution in [1.82, 2.24) is 0 Å². The molecular weight excluding hydrogens is 300 g/mol. The van der Waals surface area contributed by atoms with Crippen LogP contribution in [0.5, 0.6) is 5.75 Å². The van der Waals surface area contributed by atoms with Crippen LogP contribution in [0, 0.1) is 5.92 Å². The Morgan fingerprint density at radius 1 is 1.08 bits per heavy atom. The van der Waals surface area contributed by atoms with Crippen molar-refractivity contribution in [3.8, 4) is 5.75 Å². The molecule has 0 saturated carbocycles. The van der Waals surface area contributed by atoms with E-state index >= 15 is 0 Å². The van der Waals surface area contributed by atoms with Gasteiger partial charge in [-0.2, -0.15) is 0 Å². The number of amides is 1. The molecule has 4 nitrogen and oxygen atoms in total. The van der Waals surface area contributed by atoms with Crippen molar-refractivity contribution in [2.75, 3.05) is 11.9 Å². The Hall–Kier alpha value is -2.33. The summed E-state index contributed by atoms with van der Waals surface area (Å²) in [5, 5.41) is 2.91. The van der Waals surface area contributed by atoms with Crippen LogP contribution >= 0.6 is 0 Å². The van der Waals surface area contributed by atoms with Crippen LogP contribution in [0.25, 0.3) is 0 Å². The Kier molecular flexibility index (Phi) is 7.30. The van der Waals surface area contributed by atoms with Crippen LogP contribution in [0.3, 0.4) is 0 Å². The minimum absolute atomic E-state index is 0.0387. The minimum atomic E-state index is 0.0387. The van der Waals surface area contributed by atoms with Crippen LogP contribution in [-0.2, 0) is 11.4 Å². The molecule has 1 unspecified atom stereocenters. The third-order valence-electron chi connectivity index (χ3n) is 3.91. The molecule has 1 atom stereocenters. The second-order valence-corrected chi connectivity index (χ2v) is 6.07. The first-order valence-electron chi connectivity index (χ1n) is 8.44. The third-order valence-corrected chi connectivity index (χ3v) is 3.91. The van der Waals surface area contributed by atoms with E-state index in [4.69, 9.17) is 10.5 Å². The van der Waals surface area contributed by atoms with Crippen LogP contribution < -0.4 is 15.8 Å². The minimum Gasteiger partial charge on any atom is -0.489 e. The molecule has 2 aromatic rings. The molecule has 4 heteroatoms. The molecule has 0 aliphatic heterocycles. The topological polar surface area (TPSA) is 64.4 Å². The number of anilines is 1. The van der Waals surface area contributed by atoms with Crippen LogP contribution in [0.15, 0.2) is 54.6 Å². The Morgan fingerprint density at radius 3 is 2.46 bits per heavy atom. The molecule has 128 valence electrons. The highest BCUT2D eigenvalue weighted by Gasteiger charge is 2.07. The number of rotatable bonds is 9. The number of carbonyl (C=O) groups is 1. The van der Waals surface area contributed by atoms with Crippen molar-refractivity contribution in [1.29, 1.82) is 0 Å². The van der Waals surface area contributed by atoms with Gasteiger partial charge in [-0.25, -0.2) is 0 Å². The lowest BCUT2D eigenvalue weighted by molar-refractivity contribution is -0.116. The molecule has 0 saturated heterocycles. The summed E-state index contributed by atoms with van der Waals surface area (Å²) in [6, 6.07) is 17.5. The van der Waals surface area contributed by atoms with E-state index in [0.29, 0.717) is 25.5 Å². The summed E-state index contributed by atoms with van der Waals surface area (Å²) in [6.07, 6.45) is 2.34. The smallest absolute Gasteiger partial charge is 0.224 e. The Labute approximate surface area is 144 Å². The zero-order chi connectivity index (χ0) is 17.2. The first kappa shape index (κ1) is 18.0. The molecule has 0 aromatic heterocycles. The standard InChI is InChI=1S/C20H26N2O2/c1-16(13-14-21)7-12-20(23)22-18-8-10-19(11-9-18)24-15-17-5-3-2-4-6-17/h2-6,8-11,16H,7,12-15,21H2,1H3,(H,22,23). The monoisotopic (exact) mass is 326 g/mol. The maximum Gasteiger partial charge on any atom is 0.224 e. The summed E-state index contributed by atoms with van der Waals surface area (Å²) < 4.78 is 5.73. The van der Waals surface area contributed by atoms with Gasteiger partial charge in [0.15, 0.2) is 0 Å². The summed E-state index contributed by atoms with van der Waals surface area (Å²) in [4.78, 5) is 11.9. The number of hydrogen-bond donors (Lipinski definition) is 2. The van der Waals surface area contributed by atoms with Crippen LogP contribution in [0.1, 0.15) is 31.7 Å². The Balaban J connectivity index is 1.76. The molecular formula is C20H26N2O2. The summed E-state index contributed by atoms with van der Waals surface area (Å²) in [7, 11) is 0. The maximum absolute atomic E-state index is 11.9. The molecule has 24 heavy (non-hydrogen) atoms. The van der Waals surface area contributed by atoms with Gasteiger partial charge in [-0.05, 0) is 55.1 Å². The first-order valence-corrected chi connectivity index (χ1v) is 8.44. The van der Waals surface area contributed by atoms with E-state index < -0.39 is 0 Å². The predicted octanol–water partition coefficient (Wildman–Crippen LogP) is 3.97. The van der Waals surface area contributed by atoms with Crippen molar-refractivity contribution in [2.24, 2.45) is 11.7 Å². The number of carbonyl (C=O) groups excluding carboxylic acids is 1. The van der Waals surface area contributed by atoms with Gasteiger partial charge < -0.3 is 15.8 Å². The highest BCUT2D eigenvalue weighted by atomic mass is 16.5. The van der Waals surface area contributed by atoms with E-state index in [2.05, 4.69) is 12.2 Å². The molecule has 0 aliphatic rings. The third kappa shape index (κ3) is 6.42. The van der Waals surface area contributed by atoms with Gasteiger partial charge in [-0.1, -0.05) is 37.3 Å². The zero-order valence-electron chi connectivity index (χ0n) is 14.2. The molecule has 2 rings (SSSR count). The molecule has 0 heterocycles. The van der Waals surface area contributed by atoms with E-state index in [1.165, 1.54) is 0 Å². The van der Waals surface area contributed by atoms with E-state index in [0.717, 1.165) is 29.8 Å². The van der Waals surface area contributed by atoms with E-state index in [-0.39, 0.29) is 5.91 Å². The van der Waals surface area contributed by atoms with Gasteiger partial charge in [-0.3, -0.25) is 4.79 Å². The van der Waals surface area contributed by atoms with E-state index in [1.807, 2.05) is 54.6 Å². The van der Waals surface area contributed by atoms with Crippen molar-refractivity contribution >= 4 is 11.6 Å². The van der Waals surface area contributed by atoms with Gasteiger partial charge >= 0.3 is 0 Å². The van der Waals surface area contributed by atoms with Crippen molar-refractivity contribution in [3.05, 3.63) is 60.2 Å². The Bertz CT molecular complexity index is 611. The van der Waals surface area contributed by atoms with Crippen molar-refractivity contribution < 1.29 is 9.53 Å². The Morgan fingerprint density at radius 2 is 1.79 bits per heavy atom. The second kappa shape index (κ2) is 9.73. The average Bonchev–Trinajstić information content (AvgIpc) is 2.61. The second-order valence-electron chi connectivity index (χ2n) is 6.07. The molecule has 0 fully saturated rings. The van der Waals surface area contributed by atoms with Gasteiger partial charge in [0.1, 0.15) is 12.4 Å². The lowest BCUT2D eigenvalue weighted by Crippen LogP contribution is -2.14. The lowest BCUT2D eigenvalue weighted by atomic mass is 10.0. The fourth-order valence-electron chi connectivity index (χ4n) is 2.41. The highest BCUT2D eigenvalue weighted by Crippen LogP contribution is 2.18. The van der Waals surface area contributed by atoms with Crippen LogP contribution in [0.4, 0.5) is 5.69 Å². The van der Waals surface area contributed by atoms with E-state index in [1.54, 1.807) is 0 Å². The SMILES string of the molecule is CC(CCN)CCC(=O)Nc1ccc(OCc2ccccc2)cc1. The molecule has 2 aromatic carbocycles. The normalized spacial score (nSPS) is 11.8. The summed E-state index contributed by atoms with van der Waals surface area (Å²) >= 11 is 0. The summed E-state index contributed by atoms with van der Waals surface area (Å²) in [6.45, 7) is 3.33. The van der Waals surface area contributed by atoms with Crippen molar-refractivity contribution in [3.63, 3.8) is 0 Å². The molecule has 1 amide bonds. The number of benzene rings is 2. The number of hydrogen-bond acceptors (Lipinski definition) is 3. The molecule has 0 bridgehead atoms. The summed E-state index contributed by atoms with van der Waals surface area (Å²) in [5.41, 5.74) is 7.44. The van der Waals surface area contributed by atoms with Gasteiger partial charge in [0.2, 0.25) is 5.91 Å². The fraction of sp³-hybridized carbons (Fsp3) is 0.350. The molecule has 0 spiro atoms. The highest BCUT2D eigenvalue weighted by molar-refractivity contribution is 5.90.